The second-order valence-corrected chi connectivity index (χ2v) is 6.22. The van der Waals surface area contributed by atoms with Crippen LogP contribution in [0, 0.1) is 0 Å². The zero-order valence-electron chi connectivity index (χ0n) is 10.3. The van der Waals surface area contributed by atoms with Crippen LogP contribution in [0.25, 0.3) is 0 Å². The highest BCUT2D eigenvalue weighted by atomic mass is 35.5. The van der Waals surface area contributed by atoms with E-state index >= 15 is 0 Å². The lowest BCUT2D eigenvalue weighted by molar-refractivity contribution is 0.251. The van der Waals surface area contributed by atoms with Gasteiger partial charge in [0.1, 0.15) is 0 Å². The summed E-state index contributed by atoms with van der Waals surface area (Å²) in [6, 6.07) is 7.38. The van der Waals surface area contributed by atoms with Crippen molar-refractivity contribution in [3.63, 3.8) is 0 Å². The molecule has 2 heterocycles. The Bertz CT molecular complexity index is 436. The number of hydrogen-bond donors (Lipinski definition) is 1. The van der Waals surface area contributed by atoms with Crippen molar-refractivity contribution in [1.29, 1.82) is 0 Å². The molecule has 2 saturated heterocycles. The Labute approximate surface area is 118 Å². The van der Waals surface area contributed by atoms with Gasteiger partial charge < -0.3 is 5.32 Å². The Morgan fingerprint density at radius 2 is 1.94 bits per heavy atom. The highest BCUT2D eigenvalue weighted by Crippen LogP contribution is 2.25. The number of likely N-dealkylation sites (tertiary alicyclic amines) is 1. The average Bonchev–Trinajstić information content (AvgIpc) is 2.68. The number of nitrogens with zero attached hydrogens (tertiary/aromatic N) is 1. The molecular weight excluding hydrogens is 267 g/mol. The second kappa shape index (κ2) is 5.38. The van der Waals surface area contributed by atoms with Crippen LogP contribution < -0.4 is 5.32 Å². The maximum atomic E-state index is 6.06. The fraction of sp³-hybridized carbons (Fsp3) is 0.571. The molecule has 2 unspecified atom stereocenters. The maximum absolute atomic E-state index is 6.06. The van der Waals surface area contributed by atoms with Gasteiger partial charge in [-0.15, -0.1) is 0 Å². The lowest BCUT2D eigenvalue weighted by Gasteiger charge is -2.24. The summed E-state index contributed by atoms with van der Waals surface area (Å²) in [5.74, 6) is 0. The van der Waals surface area contributed by atoms with Crippen molar-refractivity contribution in [3.8, 4) is 0 Å². The number of fused-ring (bicyclic) bond motifs is 2. The van der Waals surface area contributed by atoms with Crippen molar-refractivity contribution in [2.24, 2.45) is 0 Å². The molecule has 2 nitrogen and oxygen atoms in total. The second-order valence-electron chi connectivity index (χ2n) is 5.41. The van der Waals surface area contributed by atoms with Gasteiger partial charge in [0.2, 0.25) is 0 Å². The van der Waals surface area contributed by atoms with E-state index in [4.69, 9.17) is 23.2 Å². The van der Waals surface area contributed by atoms with Gasteiger partial charge in [0, 0.05) is 31.7 Å². The van der Waals surface area contributed by atoms with Gasteiger partial charge in [0.05, 0.1) is 10.0 Å². The molecule has 1 aromatic carbocycles. The third-order valence-corrected chi connectivity index (χ3v) is 4.74. The zero-order valence-corrected chi connectivity index (χ0v) is 11.8. The minimum Gasteiger partial charge on any atom is -0.310 e. The predicted molar refractivity (Wildman–Crippen MR) is 76.3 cm³/mol. The summed E-state index contributed by atoms with van der Waals surface area (Å²) in [4.78, 5) is 2.52. The molecule has 0 aliphatic carbocycles. The van der Waals surface area contributed by atoms with Gasteiger partial charge in [0.25, 0.3) is 0 Å². The normalized spacial score (nSPS) is 28.3. The number of nitrogens with one attached hydrogen (secondary N) is 1. The Balaban J connectivity index is 1.66. The van der Waals surface area contributed by atoms with Crippen LogP contribution in [-0.4, -0.2) is 30.1 Å². The van der Waals surface area contributed by atoms with Gasteiger partial charge in [-0.3, -0.25) is 4.90 Å². The van der Waals surface area contributed by atoms with E-state index in [1.54, 1.807) is 0 Å². The molecule has 3 rings (SSSR count). The van der Waals surface area contributed by atoms with Gasteiger partial charge in [-0.05, 0) is 37.0 Å². The molecule has 1 aromatic rings. The van der Waals surface area contributed by atoms with Crippen LogP contribution in [0.1, 0.15) is 24.8 Å². The number of rotatable bonds is 2. The van der Waals surface area contributed by atoms with E-state index in [0.29, 0.717) is 16.1 Å². The maximum Gasteiger partial charge on any atom is 0.0595 e. The lowest BCUT2D eigenvalue weighted by atomic mass is 10.1. The van der Waals surface area contributed by atoms with Crippen molar-refractivity contribution in [2.45, 2.75) is 37.9 Å². The Morgan fingerprint density at radius 1 is 1.11 bits per heavy atom. The molecule has 0 saturated carbocycles. The van der Waals surface area contributed by atoms with Crippen molar-refractivity contribution >= 4 is 23.2 Å². The average molecular weight is 285 g/mol. The fourth-order valence-electron chi connectivity index (χ4n) is 3.06. The molecule has 18 heavy (non-hydrogen) atoms. The molecule has 1 N–H and O–H groups in total. The highest BCUT2D eigenvalue weighted by molar-refractivity contribution is 6.42. The zero-order chi connectivity index (χ0) is 12.5. The van der Waals surface area contributed by atoms with Gasteiger partial charge in [-0.1, -0.05) is 29.3 Å². The summed E-state index contributed by atoms with van der Waals surface area (Å²) < 4.78 is 0. The van der Waals surface area contributed by atoms with E-state index in [-0.39, 0.29) is 0 Å². The van der Waals surface area contributed by atoms with E-state index < -0.39 is 0 Å². The summed E-state index contributed by atoms with van der Waals surface area (Å²) >= 11 is 12.0. The van der Waals surface area contributed by atoms with Crippen LogP contribution in [0.2, 0.25) is 10.0 Å². The molecule has 0 amide bonds. The van der Waals surface area contributed by atoms with Gasteiger partial charge >= 0.3 is 0 Å². The fourth-order valence-corrected chi connectivity index (χ4v) is 3.38. The van der Waals surface area contributed by atoms with Crippen LogP contribution in [0.15, 0.2) is 18.2 Å². The Morgan fingerprint density at radius 3 is 2.78 bits per heavy atom. The van der Waals surface area contributed by atoms with Crippen molar-refractivity contribution in [1.82, 2.24) is 10.2 Å². The number of hydrogen-bond acceptors (Lipinski definition) is 2. The third-order valence-electron chi connectivity index (χ3n) is 4.00. The summed E-state index contributed by atoms with van der Waals surface area (Å²) in [7, 11) is 0. The standard InChI is InChI=1S/C14H18Cl2N2/c15-13-4-1-10(7-14(13)16)8-18-6-5-11-2-3-12(9-18)17-11/h1,4,7,11-12,17H,2-3,5-6,8-9H2. The summed E-state index contributed by atoms with van der Waals surface area (Å²) in [6.45, 7) is 3.30. The van der Waals surface area contributed by atoms with E-state index in [9.17, 15) is 0 Å². The largest absolute Gasteiger partial charge is 0.310 e. The summed E-state index contributed by atoms with van der Waals surface area (Å²) in [5.41, 5.74) is 1.25. The minimum absolute atomic E-state index is 0.636. The van der Waals surface area contributed by atoms with E-state index in [1.165, 1.54) is 31.4 Å². The van der Waals surface area contributed by atoms with Crippen LogP contribution in [0.5, 0.6) is 0 Å². The predicted octanol–water partition coefficient (Wildman–Crippen LogP) is 3.32. The van der Waals surface area contributed by atoms with Gasteiger partial charge in [0.15, 0.2) is 0 Å². The molecule has 2 fully saturated rings. The van der Waals surface area contributed by atoms with E-state index in [0.717, 1.165) is 19.1 Å². The Kier molecular flexibility index (Phi) is 3.81. The lowest BCUT2D eigenvalue weighted by Crippen LogP contribution is -2.34. The first kappa shape index (κ1) is 12.7. The highest BCUT2D eigenvalue weighted by Gasteiger charge is 2.28. The molecule has 2 aliphatic rings. The van der Waals surface area contributed by atoms with E-state index in [2.05, 4.69) is 16.3 Å². The van der Waals surface area contributed by atoms with Crippen LogP contribution in [0.4, 0.5) is 0 Å². The molecule has 0 radical (unpaired) electrons. The van der Waals surface area contributed by atoms with Crippen molar-refractivity contribution < 1.29 is 0 Å². The molecule has 2 aliphatic heterocycles. The first-order valence-corrected chi connectivity index (χ1v) is 7.38. The van der Waals surface area contributed by atoms with Crippen LogP contribution in [-0.2, 0) is 6.54 Å². The molecule has 0 aromatic heterocycles. The van der Waals surface area contributed by atoms with Crippen LogP contribution >= 0.6 is 23.2 Å². The topological polar surface area (TPSA) is 15.3 Å². The molecule has 98 valence electrons. The Hall–Kier alpha value is -0.280. The van der Waals surface area contributed by atoms with Gasteiger partial charge in [-0.2, -0.15) is 0 Å². The first-order chi connectivity index (χ1) is 8.70. The van der Waals surface area contributed by atoms with E-state index in [1.807, 2.05) is 12.1 Å². The third kappa shape index (κ3) is 2.83. The molecule has 2 atom stereocenters. The van der Waals surface area contributed by atoms with Crippen molar-refractivity contribution in [3.05, 3.63) is 33.8 Å². The molecule has 4 heteroatoms. The number of halogens is 2. The molecule has 2 bridgehead atoms. The van der Waals surface area contributed by atoms with Gasteiger partial charge in [-0.25, -0.2) is 0 Å². The number of benzene rings is 1. The quantitative estimate of drug-likeness (QED) is 0.896. The summed E-state index contributed by atoms with van der Waals surface area (Å²) in [6.07, 6.45) is 3.94. The SMILES string of the molecule is Clc1ccc(CN2CCC3CCC(C2)N3)cc1Cl. The monoisotopic (exact) mass is 284 g/mol. The smallest absolute Gasteiger partial charge is 0.0595 e. The molecule has 0 spiro atoms. The minimum atomic E-state index is 0.636. The first-order valence-electron chi connectivity index (χ1n) is 6.63. The molecular formula is C14H18Cl2N2. The van der Waals surface area contributed by atoms with Crippen molar-refractivity contribution in [2.75, 3.05) is 13.1 Å². The van der Waals surface area contributed by atoms with Crippen LogP contribution in [0.3, 0.4) is 0 Å². The summed E-state index contributed by atoms with van der Waals surface area (Å²) in [5, 5.41) is 4.99.